The Bertz CT molecular complexity index is 778. The Morgan fingerprint density at radius 3 is 3.10 bits per heavy atom. The molecule has 0 bridgehead atoms. The van der Waals surface area contributed by atoms with Gasteiger partial charge in [0.2, 0.25) is 0 Å². The van der Waals surface area contributed by atoms with Crippen LogP contribution in [0.3, 0.4) is 0 Å². The maximum absolute atomic E-state index is 13.6. The maximum Gasteiger partial charge on any atom is 0.287 e. The van der Waals surface area contributed by atoms with Gasteiger partial charge in [0.1, 0.15) is 5.82 Å². The number of hydrogen-bond donors (Lipinski definition) is 2. The van der Waals surface area contributed by atoms with E-state index in [0.717, 1.165) is 5.52 Å². The molecule has 1 amide bonds. The highest BCUT2D eigenvalue weighted by Crippen LogP contribution is 2.20. The number of hydrazine groups is 1. The van der Waals surface area contributed by atoms with Gasteiger partial charge in [-0.05, 0) is 18.2 Å². The summed E-state index contributed by atoms with van der Waals surface area (Å²) in [6.45, 7) is 0.345. The van der Waals surface area contributed by atoms with Crippen LogP contribution in [-0.4, -0.2) is 15.6 Å². The topological polar surface area (TPSA) is 86.1 Å². The van der Waals surface area contributed by atoms with E-state index in [9.17, 15) is 9.18 Å². The molecular formula is C13H11FN4O2. The zero-order chi connectivity index (χ0) is 14.1. The van der Waals surface area contributed by atoms with Crippen LogP contribution in [0.15, 0.2) is 41.1 Å². The van der Waals surface area contributed by atoms with E-state index in [1.54, 1.807) is 18.3 Å². The van der Waals surface area contributed by atoms with Gasteiger partial charge < -0.3 is 9.09 Å². The molecule has 0 aliphatic rings. The van der Waals surface area contributed by atoms with Gasteiger partial charge in [0.15, 0.2) is 11.5 Å². The molecule has 0 unspecified atom stereocenters. The van der Waals surface area contributed by atoms with Crippen LogP contribution in [0.1, 0.15) is 16.2 Å². The monoisotopic (exact) mass is 274 g/mol. The summed E-state index contributed by atoms with van der Waals surface area (Å²) in [6, 6.07) is 8.04. The molecule has 1 aromatic carbocycles. The van der Waals surface area contributed by atoms with Crippen molar-refractivity contribution in [2.24, 2.45) is 5.84 Å². The number of rotatable bonds is 3. The number of fused-ring (bicyclic) bond motifs is 1. The molecule has 2 aromatic heterocycles. The molecule has 0 aliphatic heterocycles. The lowest BCUT2D eigenvalue weighted by molar-refractivity contribution is 0.0944. The molecule has 0 radical (unpaired) electrons. The van der Waals surface area contributed by atoms with Crippen LogP contribution in [0.2, 0.25) is 0 Å². The number of aromatic nitrogens is 2. The fourth-order valence-corrected chi connectivity index (χ4v) is 2.06. The van der Waals surface area contributed by atoms with E-state index >= 15 is 0 Å². The Morgan fingerprint density at radius 1 is 1.45 bits per heavy atom. The Hall–Kier alpha value is -2.67. The zero-order valence-corrected chi connectivity index (χ0v) is 10.3. The molecule has 0 spiro atoms. The first-order chi connectivity index (χ1) is 9.69. The second-order valence-corrected chi connectivity index (χ2v) is 4.27. The van der Waals surface area contributed by atoms with Crippen LogP contribution in [0.5, 0.6) is 0 Å². The van der Waals surface area contributed by atoms with Crippen molar-refractivity contribution in [2.45, 2.75) is 6.54 Å². The average Bonchev–Trinajstić information content (AvgIpc) is 3.07. The molecule has 0 fully saturated rings. The molecule has 0 saturated carbocycles. The average molecular weight is 274 g/mol. The summed E-state index contributed by atoms with van der Waals surface area (Å²) < 4.78 is 20.4. The molecule has 3 rings (SSSR count). The van der Waals surface area contributed by atoms with Gasteiger partial charge in [0.25, 0.3) is 5.91 Å². The number of nitrogens with two attached hydrogens (primary N) is 1. The summed E-state index contributed by atoms with van der Waals surface area (Å²) in [5, 5.41) is 4.14. The van der Waals surface area contributed by atoms with E-state index in [1.807, 2.05) is 16.1 Å². The molecule has 7 heteroatoms. The van der Waals surface area contributed by atoms with Gasteiger partial charge in [-0.2, -0.15) is 0 Å². The molecule has 2 heterocycles. The van der Waals surface area contributed by atoms with Gasteiger partial charge in [-0.3, -0.25) is 10.2 Å². The molecule has 102 valence electrons. The zero-order valence-electron chi connectivity index (χ0n) is 10.3. The van der Waals surface area contributed by atoms with Crippen molar-refractivity contribution in [3.63, 3.8) is 0 Å². The Balaban J connectivity index is 1.92. The summed E-state index contributed by atoms with van der Waals surface area (Å²) in [5.74, 6) is 4.69. The maximum atomic E-state index is 13.6. The van der Waals surface area contributed by atoms with Crippen molar-refractivity contribution in [2.75, 3.05) is 0 Å². The van der Waals surface area contributed by atoms with Gasteiger partial charge in [-0.25, -0.2) is 10.2 Å². The van der Waals surface area contributed by atoms with Crippen molar-refractivity contribution in [1.82, 2.24) is 15.1 Å². The normalized spacial score (nSPS) is 10.9. The van der Waals surface area contributed by atoms with E-state index in [1.165, 1.54) is 12.1 Å². The van der Waals surface area contributed by atoms with Gasteiger partial charge in [-0.1, -0.05) is 11.2 Å². The largest absolute Gasteiger partial charge is 0.359 e. The van der Waals surface area contributed by atoms with Crippen LogP contribution in [-0.2, 0) is 6.54 Å². The minimum atomic E-state index is -0.525. The van der Waals surface area contributed by atoms with Crippen molar-refractivity contribution in [1.29, 1.82) is 0 Å². The van der Waals surface area contributed by atoms with Crippen LogP contribution in [0.4, 0.5) is 4.39 Å². The predicted octanol–water partition coefficient (Wildman–Crippen LogP) is 1.42. The summed E-state index contributed by atoms with van der Waals surface area (Å²) in [5.41, 5.74) is 2.82. The summed E-state index contributed by atoms with van der Waals surface area (Å²) in [6.07, 6.45) is 1.75. The van der Waals surface area contributed by atoms with Crippen LogP contribution in [0.25, 0.3) is 10.9 Å². The third-order valence-electron chi connectivity index (χ3n) is 3.01. The third-order valence-corrected chi connectivity index (χ3v) is 3.01. The number of nitrogen functional groups attached to an aromatic ring is 1. The van der Waals surface area contributed by atoms with Crippen molar-refractivity contribution in [3.05, 3.63) is 53.8 Å². The summed E-state index contributed by atoms with van der Waals surface area (Å²) >= 11 is 0. The first-order valence-electron chi connectivity index (χ1n) is 5.89. The lowest BCUT2D eigenvalue weighted by Crippen LogP contribution is -2.30. The lowest BCUT2D eigenvalue weighted by Gasteiger charge is -2.01. The Morgan fingerprint density at radius 2 is 2.30 bits per heavy atom. The molecule has 0 atom stereocenters. The smallest absolute Gasteiger partial charge is 0.287 e. The minimum absolute atomic E-state index is 0.102. The predicted molar refractivity (Wildman–Crippen MR) is 69.2 cm³/mol. The number of halogens is 1. The highest BCUT2D eigenvalue weighted by molar-refractivity contribution is 5.91. The number of amides is 1. The first kappa shape index (κ1) is 12.4. The molecule has 3 aromatic rings. The van der Waals surface area contributed by atoms with Crippen molar-refractivity contribution in [3.8, 4) is 0 Å². The van der Waals surface area contributed by atoms with Crippen molar-refractivity contribution < 1.29 is 13.7 Å². The Kier molecular flexibility index (Phi) is 2.96. The van der Waals surface area contributed by atoms with Gasteiger partial charge >= 0.3 is 0 Å². The summed E-state index contributed by atoms with van der Waals surface area (Å²) in [4.78, 5) is 11.3. The molecule has 6 nitrogen and oxygen atoms in total. The third kappa shape index (κ3) is 2.04. The number of nitrogens with zero attached hydrogens (tertiary/aromatic N) is 2. The number of hydrogen-bond acceptors (Lipinski definition) is 4. The lowest BCUT2D eigenvalue weighted by atomic mass is 10.2. The van der Waals surface area contributed by atoms with Crippen LogP contribution >= 0.6 is 0 Å². The van der Waals surface area contributed by atoms with Crippen LogP contribution < -0.4 is 11.3 Å². The number of nitrogens with one attached hydrogen (secondary N) is 1. The van der Waals surface area contributed by atoms with Crippen LogP contribution in [0, 0.1) is 5.82 Å². The SMILES string of the molecule is NNC(=O)c1cc(Cn2ccc3c(F)cccc32)on1. The van der Waals surface area contributed by atoms with Crippen molar-refractivity contribution >= 4 is 16.8 Å². The quantitative estimate of drug-likeness (QED) is 0.429. The molecule has 0 aliphatic carbocycles. The highest BCUT2D eigenvalue weighted by atomic mass is 19.1. The Labute approximate surface area is 112 Å². The molecule has 20 heavy (non-hydrogen) atoms. The van der Waals surface area contributed by atoms with E-state index in [2.05, 4.69) is 5.16 Å². The number of carbonyl (C=O) groups excluding carboxylic acids is 1. The fourth-order valence-electron chi connectivity index (χ4n) is 2.06. The van der Waals surface area contributed by atoms with E-state index in [4.69, 9.17) is 10.4 Å². The molecular weight excluding hydrogens is 263 g/mol. The van der Waals surface area contributed by atoms with E-state index < -0.39 is 5.91 Å². The molecule has 3 N–H and O–H groups in total. The minimum Gasteiger partial charge on any atom is -0.359 e. The van der Waals surface area contributed by atoms with E-state index in [0.29, 0.717) is 17.7 Å². The van der Waals surface area contributed by atoms with E-state index in [-0.39, 0.29) is 11.5 Å². The van der Waals surface area contributed by atoms with Gasteiger partial charge in [0.05, 0.1) is 12.1 Å². The second kappa shape index (κ2) is 4.78. The first-order valence-corrected chi connectivity index (χ1v) is 5.89. The highest BCUT2D eigenvalue weighted by Gasteiger charge is 2.12. The fraction of sp³-hybridized carbons (Fsp3) is 0.0769. The standard InChI is InChI=1S/C13H11FN4O2/c14-10-2-1-3-12-9(10)4-5-18(12)7-8-6-11(17-20-8)13(19)16-15/h1-6H,7,15H2,(H,16,19). The second-order valence-electron chi connectivity index (χ2n) is 4.27. The summed E-state index contributed by atoms with van der Waals surface area (Å²) in [7, 11) is 0. The number of benzene rings is 1. The van der Waals surface area contributed by atoms with Gasteiger partial charge in [-0.15, -0.1) is 0 Å². The van der Waals surface area contributed by atoms with Gasteiger partial charge in [0, 0.05) is 17.6 Å². The molecule has 0 saturated heterocycles. The number of carbonyl (C=O) groups is 1.